The number of nitrogens with zero attached hydrogens (tertiary/aromatic N) is 3. The molecule has 0 aliphatic rings. The first kappa shape index (κ1) is 41.6. The van der Waals surface area contributed by atoms with Crippen molar-refractivity contribution >= 4 is 70.0 Å². The lowest BCUT2D eigenvalue weighted by Crippen LogP contribution is -2.26. The molecule has 300 valence electrons. The molecule has 0 spiro atoms. The summed E-state index contributed by atoms with van der Waals surface area (Å²) in [5.41, 5.74) is 1.71. The van der Waals surface area contributed by atoms with Crippen LogP contribution < -0.4 is 31.8 Å². The van der Waals surface area contributed by atoms with E-state index in [2.05, 4.69) is 72.8 Å². The molecule has 0 amide bonds. The Morgan fingerprint density at radius 1 is 0.433 bits per heavy atom. The van der Waals surface area contributed by atoms with E-state index in [9.17, 15) is 9.59 Å². The van der Waals surface area contributed by atoms with E-state index in [1.807, 2.05) is 133 Å². The van der Waals surface area contributed by atoms with Crippen molar-refractivity contribution in [3.05, 3.63) is 217 Å². The maximum atomic E-state index is 14.1. The SMILES string of the molecule is CCOC(=O)/C(=C/c1ccc(/C=C(\N=P(c2ccccc2)(c2ccccc2)c2ccccc2)C(=O)OCC)n1C)N=P(c1ccccc1)(c1ccccc1)c1ccccc1. The zero-order chi connectivity index (χ0) is 41.8. The number of carbonyl (C=O) groups is 2. The number of hydrogen-bond acceptors (Lipinski definition) is 6. The summed E-state index contributed by atoms with van der Waals surface area (Å²) in [6, 6.07) is 64.7. The second-order valence-electron chi connectivity index (χ2n) is 13.7. The van der Waals surface area contributed by atoms with E-state index in [1.165, 1.54) is 0 Å². The molecular weight excluding hydrogens is 781 g/mol. The first-order chi connectivity index (χ1) is 29.4. The minimum atomic E-state index is -2.82. The molecule has 0 aliphatic carbocycles. The highest BCUT2D eigenvalue weighted by Crippen LogP contribution is 2.49. The standard InChI is InChI=1S/C51H47N3O4P2/c1-4-57-50(55)48(52-59(42-24-12-6-13-25-42,43-26-14-7-15-27-43)44-28-16-8-17-29-44)38-40-36-37-41(54(40)3)39-49(51(56)58-5-2)53-60(45-30-18-9-19-31-45,46-32-20-10-21-33-46)47-34-22-11-23-35-47/h6-39H,4-5H2,1-3H3/b48-38-,49-39-. The topological polar surface area (TPSA) is 82.2 Å². The van der Waals surface area contributed by atoms with Crippen molar-refractivity contribution in [1.29, 1.82) is 0 Å². The highest BCUT2D eigenvalue weighted by molar-refractivity contribution is 7.88. The summed E-state index contributed by atoms with van der Waals surface area (Å²) in [5.74, 6) is -1.07. The Morgan fingerprint density at radius 3 is 0.883 bits per heavy atom. The third-order valence-electron chi connectivity index (χ3n) is 10.0. The smallest absolute Gasteiger partial charge is 0.356 e. The third-order valence-corrected chi connectivity index (χ3v) is 17.3. The van der Waals surface area contributed by atoms with Crippen LogP contribution >= 0.6 is 14.1 Å². The number of carbonyl (C=O) groups excluding carboxylic acids is 2. The quantitative estimate of drug-likeness (QED) is 0.0623. The Labute approximate surface area is 352 Å². The summed E-state index contributed by atoms with van der Waals surface area (Å²) in [5, 5.41) is 5.98. The second-order valence-corrected chi connectivity index (χ2v) is 19.8. The van der Waals surface area contributed by atoms with Gasteiger partial charge in [0.15, 0.2) is 0 Å². The predicted octanol–water partition coefficient (Wildman–Crippen LogP) is 9.19. The fourth-order valence-corrected chi connectivity index (χ4v) is 14.2. The number of aromatic nitrogens is 1. The Morgan fingerprint density at radius 2 is 0.667 bits per heavy atom. The van der Waals surface area contributed by atoms with Gasteiger partial charge in [-0.15, -0.1) is 0 Å². The van der Waals surface area contributed by atoms with Crippen LogP contribution in [0, 0.1) is 0 Å². The van der Waals surface area contributed by atoms with Gasteiger partial charge in [0.25, 0.3) is 0 Å². The van der Waals surface area contributed by atoms with Crippen LogP contribution in [0.15, 0.2) is 215 Å². The molecule has 0 aliphatic heterocycles. The van der Waals surface area contributed by atoms with Crippen LogP contribution in [-0.4, -0.2) is 29.7 Å². The molecule has 6 aromatic carbocycles. The van der Waals surface area contributed by atoms with Crippen LogP contribution in [0.25, 0.3) is 12.2 Å². The minimum absolute atomic E-state index is 0.177. The van der Waals surface area contributed by atoms with Gasteiger partial charge < -0.3 is 14.0 Å². The summed E-state index contributed by atoms with van der Waals surface area (Å²) in [6.45, 7) is 3.94. The zero-order valence-electron chi connectivity index (χ0n) is 33.9. The zero-order valence-corrected chi connectivity index (χ0v) is 35.7. The number of ether oxygens (including phenoxy) is 2. The maximum absolute atomic E-state index is 14.1. The van der Waals surface area contributed by atoms with Crippen molar-refractivity contribution in [2.75, 3.05) is 13.2 Å². The molecule has 7 aromatic rings. The normalized spacial score (nSPS) is 12.1. The van der Waals surface area contributed by atoms with Crippen molar-refractivity contribution in [3.63, 3.8) is 0 Å². The van der Waals surface area contributed by atoms with E-state index in [0.717, 1.165) is 31.8 Å². The molecule has 0 radical (unpaired) electrons. The molecule has 0 atom stereocenters. The molecule has 0 saturated carbocycles. The van der Waals surface area contributed by atoms with Gasteiger partial charge in [-0.3, -0.25) is 0 Å². The van der Waals surface area contributed by atoms with Crippen LogP contribution in [0.1, 0.15) is 25.2 Å². The van der Waals surface area contributed by atoms with Crippen LogP contribution in [0.4, 0.5) is 0 Å². The van der Waals surface area contributed by atoms with Crippen LogP contribution in [-0.2, 0) is 26.1 Å². The Bertz CT molecular complexity index is 2320. The Hall–Kier alpha value is -6.52. The van der Waals surface area contributed by atoms with Gasteiger partial charge in [-0.05, 0) is 38.1 Å². The molecule has 0 fully saturated rings. The van der Waals surface area contributed by atoms with E-state index in [0.29, 0.717) is 11.4 Å². The van der Waals surface area contributed by atoms with Crippen molar-refractivity contribution in [3.8, 4) is 0 Å². The van der Waals surface area contributed by atoms with E-state index in [1.54, 1.807) is 26.0 Å². The summed E-state index contributed by atoms with van der Waals surface area (Å²) in [4.78, 5) is 28.2. The molecule has 1 aromatic heterocycles. The Kier molecular flexibility index (Phi) is 13.5. The number of rotatable bonds is 14. The molecule has 60 heavy (non-hydrogen) atoms. The van der Waals surface area contributed by atoms with Gasteiger partial charge in [-0.2, -0.15) is 0 Å². The van der Waals surface area contributed by atoms with E-state index in [-0.39, 0.29) is 24.6 Å². The van der Waals surface area contributed by atoms with Crippen LogP contribution in [0.5, 0.6) is 0 Å². The van der Waals surface area contributed by atoms with Gasteiger partial charge in [0.2, 0.25) is 0 Å². The molecule has 0 unspecified atom stereocenters. The summed E-state index contributed by atoms with van der Waals surface area (Å²) >= 11 is 0. The lowest BCUT2D eigenvalue weighted by molar-refractivity contribution is -0.139. The predicted molar refractivity (Wildman–Crippen MR) is 250 cm³/mol. The van der Waals surface area contributed by atoms with Gasteiger partial charge in [-0.1, -0.05) is 182 Å². The molecule has 7 rings (SSSR count). The molecule has 0 saturated heterocycles. The fourth-order valence-electron chi connectivity index (χ4n) is 7.21. The summed E-state index contributed by atoms with van der Waals surface area (Å²) in [6.07, 6.45) is 3.55. The monoisotopic (exact) mass is 827 g/mol. The highest BCUT2D eigenvalue weighted by Gasteiger charge is 2.31. The van der Waals surface area contributed by atoms with Crippen molar-refractivity contribution < 1.29 is 19.1 Å². The van der Waals surface area contributed by atoms with Gasteiger partial charge in [0.1, 0.15) is 11.4 Å². The maximum Gasteiger partial charge on any atom is 0.356 e. The van der Waals surface area contributed by atoms with E-state index in [4.69, 9.17) is 19.0 Å². The second kappa shape index (κ2) is 19.5. The van der Waals surface area contributed by atoms with E-state index >= 15 is 0 Å². The van der Waals surface area contributed by atoms with Crippen LogP contribution in [0.2, 0.25) is 0 Å². The number of hydrogen-bond donors (Lipinski definition) is 0. The van der Waals surface area contributed by atoms with Crippen molar-refractivity contribution in [2.24, 2.45) is 16.5 Å². The fraction of sp³-hybridized carbons (Fsp3) is 0.0980. The minimum Gasteiger partial charge on any atom is -0.461 e. The molecule has 9 heteroatoms. The van der Waals surface area contributed by atoms with Crippen molar-refractivity contribution in [2.45, 2.75) is 13.8 Å². The first-order valence-corrected chi connectivity index (χ1v) is 23.4. The van der Waals surface area contributed by atoms with Gasteiger partial charge in [-0.25, -0.2) is 19.1 Å². The van der Waals surface area contributed by atoms with Crippen molar-refractivity contribution in [1.82, 2.24) is 4.57 Å². The average molecular weight is 828 g/mol. The first-order valence-electron chi connectivity index (χ1n) is 19.9. The van der Waals surface area contributed by atoms with Gasteiger partial charge in [0, 0.05) is 50.3 Å². The molecular formula is C51H47N3O4P2. The Balaban J connectivity index is 1.48. The highest BCUT2D eigenvalue weighted by atomic mass is 31.2. The molecule has 0 bridgehead atoms. The largest absolute Gasteiger partial charge is 0.461 e. The number of esters is 2. The van der Waals surface area contributed by atoms with Gasteiger partial charge in [0.05, 0.1) is 27.3 Å². The third kappa shape index (κ3) is 8.74. The van der Waals surface area contributed by atoms with E-state index < -0.39 is 26.0 Å². The number of benzene rings is 6. The molecule has 0 N–H and O–H groups in total. The lowest BCUT2D eigenvalue weighted by atomic mass is 10.3. The average Bonchev–Trinajstić information content (AvgIpc) is 3.65. The summed E-state index contributed by atoms with van der Waals surface area (Å²) < 4.78 is 24.4. The molecule has 1 heterocycles. The lowest BCUT2D eigenvalue weighted by Gasteiger charge is -2.27. The van der Waals surface area contributed by atoms with Gasteiger partial charge >= 0.3 is 11.9 Å². The summed E-state index contributed by atoms with van der Waals surface area (Å²) in [7, 11) is -3.76. The van der Waals surface area contributed by atoms with Crippen LogP contribution in [0.3, 0.4) is 0 Å². The molecule has 7 nitrogen and oxygen atoms in total.